The molecule has 0 aliphatic heterocycles. The zero-order valence-corrected chi connectivity index (χ0v) is 15.2. The molecule has 0 aliphatic carbocycles. The Balaban J connectivity index is 1.95. The lowest BCUT2D eigenvalue weighted by Gasteiger charge is -2.14. The lowest BCUT2D eigenvalue weighted by atomic mass is 10.00. The van der Waals surface area contributed by atoms with Gasteiger partial charge in [-0.25, -0.2) is 4.39 Å². The van der Waals surface area contributed by atoms with Crippen molar-refractivity contribution in [3.8, 4) is 33.1 Å². The second kappa shape index (κ2) is 6.81. The van der Waals surface area contributed by atoms with Crippen LogP contribution in [-0.4, -0.2) is 14.2 Å². The van der Waals surface area contributed by atoms with Gasteiger partial charge in [-0.1, -0.05) is 24.3 Å². The van der Waals surface area contributed by atoms with Crippen molar-refractivity contribution in [2.75, 3.05) is 14.2 Å². The zero-order chi connectivity index (χ0) is 18.1. The highest BCUT2D eigenvalue weighted by Crippen LogP contribution is 2.44. The van der Waals surface area contributed by atoms with Crippen molar-refractivity contribution in [3.05, 3.63) is 72.5 Å². The first-order valence-electron chi connectivity index (χ1n) is 8.12. The van der Waals surface area contributed by atoms with E-state index in [1.807, 2.05) is 24.3 Å². The fourth-order valence-electron chi connectivity index (χ4n) is 3.01. The summed E-state index contributed by atoms with van der Waals surface area (Å²) in [6, 6.07) is 21.7. The van der Waals surface area contributed by atoms with E-state index in [1.54, 1.807) is 31.6 Å². The van der Waals surface area contributed by atoms with Gasteiger partial charge in [0.15, 0.2) is 0 Å². The summed E-state index contributed by atoms with van der Waals surface area (Å²) >= 11 is 1.70. The molecule has 4 aromatic rings. The van der Waals surface area contributed by atoms with E-state index < -0.39 is 0 Å². The second-order valence-corrected chi connectivity index (χ2v) is 6.91. The lowest BCUT2D eigenvalue weighted by Crippen LogP contribution is -1.93. The third-order valence-electron chi connectivity index (χ3n) is 4.27. The first-order chi connectivity index (χ1) is 12.7. The average molecular weight is 363 g/mol. The molecule has 26 heavy (non-hydrogen) atoms. The molecule has 1 radical (unpaired) electrons. The highest BCUT2D eigenvalue weighted by molar-refractivity contribution is 7.22. The minimum absolute atomic E-state index is 0.306. The van der Waals surface area contributed by atoms with Gasteiger partial charge in [-0.05, 0) is 47.3 Å². The third-order valence-corrected chi connectivity index (χ3v) is 5.42. The highest BCUT2D eigenvalue weighted by atomic mass is 32.1. The average Bonchev–Trinajstić information content (AvgIpc) is 3.11. The molecule has 0 saturated heterocycles. The van der Waals surface area contributed by atoms with Crippen molar-refractivity contribution in [2.24, 2.45) is 0 Å². The number of methoxy groups -OCH3 is 2. The third kappa shape index (κ3) is 2.93. The molecule has 3 aromatic carbocycles. The topological polar surface area (TPSA) is 18.5 Å². The molecule has 0 saturated carbocycles. The van der Waals surface area contributed by atoms with Crippen LogP contribution in [0, 0.1) is 11.9 Å². The van der Waals surface area contributed by atoms with Crippen LogP contribution in [-0.2, 0) is 0 Å². The molecule has 129 valence electrons. The van der Waals surface area contributed by atoms with Crippen molar-refractivity contribution >= 4 is 21.4 Å². The smallest absolute Gasteiger partial charge is 0.131 e. The number of fused-ring (bicyclic) bond motifs is 1. The molecule has 2 nitrogen and oxygen atoms in total. The van der Waals surface area contributed by atoms with E-state index in [2.05, 4.69) is 24.3 Å². The Morgan fingerprint density at radius 2 is 1.65 bits per heavy atom. The molecule has 4 rings (SSSR count). The van der Waals surface area contributed by atoms with E-state index in [4.69, 9.17) is 9.47 Å². The maximum Gasteiger partial charge on any atom is 0.131 e. The first-order valence-corrected chi connectivity index (χ1v) is 8.94. The molecular formula is C22H16FO2S. The fraction of sp³-hybridized carbons (Fsp3) is 0.0909. The van der Waals surface area contributed by atoms with Crippen LogP contribution < -0.4 is 9.47 Å². The predicted molar refractivity (Wildman–Crippen MR) is 105 cm³/mol. The van der Waals surface area contributed by atoms with Gasteiger partial charge in [0.2, 0.25) is 0 Å². The van der Waals surface area contributed by atoms with Gasteiger partial charge < -0.3 is 9.47 Å². The van der Waals surface area contributed by atoms with E-state index in [-0.39, 0.29) is 5.82 Å². The number of ether oxygens (including phenoxy) is 2. The maximum atomic E-state index is 13.7. The summed E-state index contributed by atoms with van der Waals surface area (Å²) in [5.41, 5.74) is 2.37. The number of halogens is 1. The molecule has 0 bridgehead atoms. The number of hydrogen-bond acceptors (Lipinski definition) is 3. The Morgan fingerprint density at radius 1 is 0.885 bits per heavy atom. The van der Waals surface area contributed by atoms with Crippen LogP contribution >= 0.6 is 11.3 Å². The molecular weight excluding hydrogens is 347 g/mol. The Hall–Kier alpha value is -2.85. The monoisotopic (exact) mass is 363 g/mol. The number of rotatable bonds is 4. The quantitative estimate of drug-likeness (QED) is 0.430. The van der Waals surface area contributed by atoms with Crippen LogP contribution in [0.3, 0.4) is 0 Å². The minimum Gasteiger partial charge on any atom is -0.496 e. The Kier molecular flexibility index (Phi) is 4.35. The van der Waals surface area contributed by atoms with Crippen LogP contribution in [0.4, 0.5) is 4.39 Å². The molecule has 0 amide bonds. The molecule has 0 atom stereocenters. The highest BCUT2D eigenvalue weighted by Gasteiger charge is 2.16. The van der Waals surface area contributed by atoms with Gasteiger partial charge in [0.05, 0.1) is 14.2 Å². The van der Waals surface area contributed by atoms with Crippen molar-refractivity contribution in [1.82, 2.24) is 0 Å². The standard InChI is InChI=1S/C22H16FO2S/c1-24-19-13-20(25-2)18(12-17(19)14-7-5-8-16(23)10-14)22-11-15-6-3-4-9-21(15)26-22/h3-6,8-13H,1-2H3. The number of hydrogen-bond donors (Lipinski definition) is 0. The normalized spacial score (nSPS) is 10.9. The van der Waals surface area contributed by atoms with Crippen LogP contribution in [0.5, 0.6) is 11.5 Å². The van der Waals surface area contributed by atoms with Gasteiger partial charge in [-0.3, -0.25) is 0 Å². The van der Waals surface area contributed by atoms with Crippen molar-refractivity contribution < 1.29 is 13.9 Å². The lowest BCUT2D eigenvalue weighted by molar-refractivity contribution is 0.396. The van der Waals surface area contributed by atoms with Crippen LogP contribution in [0.2, 0.25) is 0 Å². The number of thiophene rings is 1. The van der Waals surface area contributed by atoms with E-state index in [0.29, 0.717) is 17.1 Å². The van der Waals surface area contributed by atoms with Gasteiger partial charge in [-0.2, -0.15) is 0 Å². The van der Waals surface area contributed by atoms with Gasteiger partial charge >= 0.3 is 0 Å². The molecule has 0 spiro atoms. The summed E-state index contributed by atoms with van der Waals surface area (Å²) in [4.78, 5) is 1.09. The molecule has 0 unspecified atom stereocenters. The molecule has 0 fully saturated rings. The Labute approximate surface area is 155 Å². The van der Waals surface area contributed by atoms with E-state index in [1.165, 1.54) is 22.2 Å². The predicted octanol–water partition coefficient (Wildman–Crippen LogP) is 6.19. The van der Waals surface area contributed by atoms with Crippen LogP contribution in [0.25, 0.3) is 31.7 Å². The summed E-state index contributed by atoms with van der Waals surface area (Å²) in [5.74, 6) is 1.03. The van der Waals surface area contributed by atoms with Crippen LogP contribution in [0.15, 0.2) is 60.7 Å². The summed E-state index contributed by atoms with van der Waals surface area (Å²) in [5, 5.41) is 1.18. The first kappa shape index (κ1) is 16.6. The van der Waals surface area contributed by atoms with Gasteiger partial charge in [0, 0.05) is 26.8 Å². The fourth-order valence-corrected chi connectivity index (χ4v) is 4.09. The van der Waals surface area contributed by atoms with Gasteiger partial charge in [0.25, 0.3) is 0 Å². The van der Waals surface area contributed by atoms with Crippen molar-refractivity contribution in [3.63, 3.8) is 0 Å². The molecule has 4 heteroatoms. The molecule has 1 aromatic heterocycles. The van der Waals surface area contributed by atoms with E-state index in [9.17, 15) is 4.39 Å². The Bertz CT molecular complexity index is 1050. The summed E-state index contributed by atoms with van der Waals surface area (Å²) in [6.07, 6.45) is 0. The summed E-state index contributed by atoms with van der Waals surface area (Å²) in [6.45, 7) is 0. The number of benzene rings is 3. The minimum atomic E-state index is -0.306. The second-order valence-electron chi connectivity index (χ2n) is 5.82. The van der Waals surface area contributed by atoms with Gasteiger partial charge in [0.1, 0.15) is 17.3 Å². The van der Waals surface area contributed by atoms with Gasteiger partial charge in [-0.15, -0.1) is 11.3 Å². The van der Waals surface area contributed by atoms with Crippen LogP contribution in [0.1, 0.15) is 0 Å². The molecule has 0 N–H and O–H groups in total. The summed E-state index contributed by atoms with van der Waals surface area (Å²) in [7, 11) is 3.23. The zero-order valence-electron chi connectivity index (χ0n) is 14.4. The Morgan fingerprint density at radius 3 is 2.38 bits per heavy atom. The molecule has 0 aliphatic rings. The van der Waals surface area contributed by atoms with E-state index in [0.717, 1.165) is 16.0 Å². The van der Waals surface area contributed by atoms with Crippen molar-refractivity contribution in [1.29, 1.82) is 0 Å². The molecule has 1 heterocycles. The largest absolute Gasteiger partial charge is 0.496 e. The SMILES string of the molecule is COc1cc(OC)c(-c2cc3ccccc3s2)cc1-c1[c]ccc(F)c1. The van der Waals surface area contributed by atoms with E-state index >= 15 is 0 Å². The summed E-state index contributed by atoms with van der Waals surface area (Å²) < 4.78 is 26.0. The maximum absolute atomic E-state index is 13.7. The van der Waals surface area contributed by atoms with Crippen molar-refractivity contribution in [2.45, 2.75) is 0 Å².